The van der Waals surface area contributed by atoms with Gasteiger partial charge in [-0.2, -0.15) is 0 Å². The maximum atomic E-state index is 5.56. The molecular formula is C15H24O. The molecule has 0 aromatic heterocycles. The van der Waals surface area contributed by atoms with Gasteiger partial charge in [0.05, 0.1) is 0 Å². The van der Waals surface area contributed by atoms with E-state index in [1.54, 1.807) is 0 Å². The van der Waals surface area contributed by atoms with Crippen molar-refractivity contribution in [3.8, 4) is 0 Å². The van der Waals surface area contributed by atoms with Crippen LogP contribution >= 0.6 is 0 Å². The van der Waals surface area contributed by atoms with Gasteiger partial charge in [-0.15, -0.1) is 0 Å². The van der Waals surface area contributed by atoms with E-state index < -0.39 is 0 Å². The predicted octanol–water partition coefficient (Wildman–Crippen LogP) is 4.79. The van der Waals surface area contributed by atoms with Crippen molar-refractivity contribution < 1.29 is 4.74 Å². The van der Waals surface area contributed by atoms with E-state index in [0.29, 0.717) is 12.4 Å². The van der Waals surface area contributed by atoms with Crippen LogP contribution in [0.1, 0.15) is 40.0 Å². The van der Waals surface area contributed by atoms with E-state index >= 15 is 0 Å². The monoisotopic (exact) mass is 220 g/mol. The zero-order valence-corrected chi connectivity index (χ0v) is 10.8. The van der Waals surface area contributed by atoms with Crippen LogP contribution in [-0.2, 0) is 4.74 Å². The Balaban J connectivity index is 3.88. The van der Waals surface area contributed by atoms with E-state index in [9.17, 15) is 0 Å². The predicted molar refractivity (Wildman–Crippen MR) is 72.3 cm³/mol. The first-order chi connectivity index (χ1) is 7.74. The second-order valence-electron chi connectivity index (χ2n) is 3.69. The van der Waals surface area contributed by atoms with E-state index in [2.05, 4.69) is 26.5 Å². The second-order valence-corrected chi connectivity index (χ2v) is 3.69. The van der Waals surface area contributed by atoms with Crippen LogP contribution in [0.3, 0.4) is 0 Å². The van der Waals surface area contributed by atoms with Crippen molar-refractivity contribution in [1.29, 1.82) is 0 Å². The summed E-state index contributed by atoms with van der Waals surface area (Å²) < 4.78 is 5.56. The number of allylic oxidation sites excluding steroid dienone is 5. The number of hydrogen-bond donors (Lipinski definition) is 0. The molecule has 0 fully saturated rings. The van der Waals surface area contributed by atoms with Crippen LogP contribution in [0.15, 0.2) is 48.3 Å². The molecule has 90 valence electrons. The zero-order chi connectivity index (χ0) is 12.2. The molecule has 1 heteroatoms. The lowest BCUT2D eigenvalue weighted by Crippen LogP contribution is -1.96. The summed E-state index contributed by atoms with van der Waals surface area (Å²) >= 11 is 0. The zero-order valence-electron chi connectivity index (χ0n) is 10.8. The summed E-state index contributed by atoms with van der Waals surface area (Å²) in [4.78, 5) is 0. The summed E-state index contributed by atoms with van der Waals surface area (Å²) in [5.74, 6) is 0.717. The highest BCUT2D eigenvalue weighted by Crippen LogP contribution is 2.09. The van der Waals surface area contributed by atoms with Gasteiger partial charge in [-0.05, 0) is 38.3 Å². The third kappa shape index (κ3) is 8.10. The molecule has 0 aliphatic heterocycles. The van der Waals surface area contributed by atoms with Crippen molar-refractivity contribution in [2.45, 2.75) is 40.0 Å². The minimum atomic E-state index is 0.662. The van der Waals surface area contributed by atoms with Gasteiger partial charge in [0.25, 0.3) is 0 Å². The number of hydrogen-bond acceptors (Lipinski definition) is 1. The molecule has 0 spiro atoms. The molecule has 0 unspecified atom stereocenters. The Hall–Kier alpha value is -1.24. The van der Waals surface area contributed by atoms with Gasteiger partial charge in [0.2, 0.25) is 0 Å². The molecule has 0 rings (SSSR count). The average molecular weight is 220 g/mol. The molecule has 0 aliphatic carbocycles. The summed E-state index contributed by atoms with van der Waals surface area (Å²) in [6.07, 6.45) is 13.5. The fourth-order valence-corrected chi connectivity index (χ4v) is 1.21. The Morgan fingerprint density at radius 3 is 2.56 bits per heavy atom. The van der Waals surface area contributed by atoms with E-state index in [1.165, 1.54) is 18.4 Å². The maximum absolute atomic E-state index is 5.56. The van der Waals surface area contributed by atoms with Crippen LogP contribution in [-0.4, -0.2) is 6.61 Å². The molecule has 1 nitrogen and oxygen atoms in total. The molecule has 0 aliphatic rings. The SMILES string of the molecule is C=C(/C=C\C=C/C)OC/C(=C/C)CCCC. The van der Waals surface area contributed by atoms with E-state index in [1.807, 2.05) is 31.2 Å². The lowest BCUT2D eigenvalue weighted by atomic mass is 10.1. The number of rotatable bonds is 8. The van der Waals surface area contributed by atoms with Gasteiger partial charge in [0.1, 0.15) is 12.4 Å². The molecule has 16 heavy (non-hydrogen) atoms. The summed E-state index contributed by atoms with van der Waals surface area (Å²) in [6.45, 7) is 10.8. The average Bonchev–Trinajstić information content (AvgIpc) is 2.30. The van der Waals surface area contributed by atoms with E-state index in [4.69, 9.17) is 4.74 Å². The highest BCUT2D eigenvalue weighted by Gasteiger charge is 1.97. The van der Waals surface area contributed by atoms with Gasteiger partial charge in [-0.25, -0.2) is 0 Å². The smallest absolute Gasteiger partial charge is 0.112 e. The van der Waals surface area contributed by atoms with Crippen LogP contribution in [0.25, 0.3) is 0 Å². The topological polar surface area (TPSA) is 9.23 Å². The number of unbranched alkanes of at least 4 members (excludes halogenated alkanes) is 1. The van der Waals surface area contributed by atoms with Crippen LogP contribution < -0.4 is 0 Å². The van der Waals surface area contributed by atoms with E-state index in [-0.39, 0.29) is 0 Å². The van der Waals surface area contributed by atoms with E-state index in [0.717, 1.165) is 6.42 Å². The quantitative estimate of drug-likeness (QED) is 0.325. The Bertz CT molecular complexity index is 269. The maximum Gasteiger partial charge on any atom is 0.112 e. The Morgan fingerprint density at radius 2 is 2.00 bits per heavy atom. The summed E-state index contributed by atoms with van der Waals surface area (Å²) in [6, 6.07) is 0. The summed E-state index contributed by atoms with van der Waals surface area (Å²) in [5, 5.41) is 0. The molecule has 0 N–H and O–H groups in total. The molecular weight excluding hydrogens is 196 g/mol. The van der Waals surface area contributed by atoms with Crippen LogP contribution in [0.2, 0.25) is 0 Å². The second kappa shape index (κ2) is 10.3. The highest BCUT2D eigenvalue weighted by molar-refractivity contribution is 5.14. The summed E-state index contributed by atoms with van der Waals surface area (Å²) in [7, 11) is 0. The molecule has 0 aromatic rings. The van der Waals surface area contributed by atoms with Gasteiger partial charge in [0.15, 0.2) is 0 Å². The summed E-state index contributed by atoms with van der Waals surface area (Å²) in [5.41, 5.74) is 1.35. The lowest BCUT2D eigenvalue weighted by Gasteiger charge is -2.08. The fraction of sp³-hybridized carbons (Fsp3) is 0.467. The lowest BCUT2D eigenvalue weighted by molar-refractivity contribution is 0.251. The van der Waals surface area contributed by atoms with Gasteiger partial charge in [-0.3, -0.25) is 0 Å². The minimum absolute atomic E-state index is 0.662. The third-order valence-corrected chi connectivity index (χ3v) is 2.29. The molecule has 0 radical (unpaired) electrons. The minimum Gasteiger partial charge on any atom is -0.490 e. The van der Waals surface area contributed by atoms with Crippen molar-refractivity contribution in [2.75, 3.05) is 6.61 Å². The Morgan fingerprint density at radius 1 is 1.25 bits per heavy atom. The van der Waals surface area contributed by atoms with Crippen molar-refractivity contribution >= 4 is 0 Å². The van der Waals surface area contributed by atoms with Crippen molar-refractivity contribution in [1.82, 2.24) is 0 Å². The Kier molecular flexibility index (Phi) is 9.49. The largest absolute Gasteiger partial charge is 0.490 e. The molecule has 0 atom stereocenters. The molecule has 0 aromatic carbocycles. The number of ether oxygens (including phenoxy) is 1. The Labute approximate surface area is 100 Å². The third-order valence-electron chi connectivity index (χ3n) is 2.29. The fourth-order valence-electron chi connectivity index (χ4n) is 1.21. The molecule has 0 saturated heterocycles. The standard InChI is InChI=1S/C15H24O/c1-5-8-10-11-14(4)16-13-15(7-3)12-9-6-2/h5,7-8,10-11H,4,6,9,12-13H2,1-3H3/b8-5-,11-10-,15-7+. The van der Waals surface area contributed by atoms with Crippen LogP contribution in [0.4, 0.5) is 0 Å². The molecule has 0 amide bonds. The normalized spacial score (nSPS) is 12.6. The van der Waals surface area contributed by atoms with Crippen molar-refractivity contribution in [2.24, 2.45) is 0 Å². The van der Waals surface area contributed by atoms with Gasteiger partial charge in [0, 0.05) is 0 Å². The highest BCUT2D eigenvalue weighted by atomic mass is 16.5. The molecule has 0 bridgehead atoms. The molecule has 0 saturated carbocycles. The van der Waals surface area contributed by atoms with Crippen molar-refractivity contribution in [3.63, 3.8) is 0 Å². The van der Waals surface area contributed by atoms with Gasteiger partial charge in [-0.1, -0.05) is 44.2 Å². The van der Waals surface area contributed by atoms with Crippen molar-refractivity contribution in [3.05, 3.63) is 48.3 Å². The first-order valence-corrected chi connectivity index (χ1v) is 5.99. The van der Waals surface area contributed by atoms with Gasteiger partial charge >= 0.3 is 0 Å². The van der Waals surface area contributed by atoms with Crippen LogP contribution in [0.5, 0.6) is 0 Å². The molecule has 0 heterocycles. The first-order valence-electron chi connectivity index (χ1n) is 5.99. The van der Waals surface area contributed by atoms with Crippen LogP contribution in [0, 0.1) is 0 Å². The first kappa shape index (κ1) is 14.8. The van der Waals surface area contributed by atoms with Gasteiger partial charge < -0.3 is 4.74 Å².